The molecule has 2 rings (SSSR count). The molecule has 0 aromatic heterocycles. The number of hydrogen-bond donors (Lipinski definition) is 0. The summed E-state index contributed by atoms with van der Waals surface area (Å²) in [7, 11) is -1.71. The first-order valence-electron chi connectivity index (χ1n) is 9.32. The van der Waals surface area contributed by atoms with Crippen LogP contribution in [0.15, 0.2) is 29.2 Å². The van der Waals surface area contributed by atoms with Gasteiger partial charge in [-0.25, -0.2) is 8.42 Å². The minimum absolute atomic E-state index is 0.152. The molecule has 0 aliphatic carbocycles. The van der Waals surface area contributed by atoms with Gasteiger partial charge in [0.2, 0.25) is 15.9 Å². The highest BCUT2D eigenvalue weighted by Gasteiger charge is 2.23. The zero-order valence-corrected chi connectivity index (χ0v) is 16.8. The molecule has 1 saturated heterocycles. The molecule has 0 radical (unpaired) electrons. The predicted octanol–water partition coefficient (Wildman–Crippen LogP) is 2.29. The van der Waals surface area contributed by atoms with Gasteiger partial charge in [-0.15, -0.1) is 0 Å². The van der Waals surface area contributed by atoms with E-state index in [2.05, 4.69) is 0 Å². The average molecular weight is 383 g/mol. The number of nitrogens with zero attached hydrogens (tertiary/aromatic N) is 2. The molecule has 1 fully saturated rings. The zero-order valence-electron chi connectivity index (χ0n) is 16.0. The van der Waals surface area contributed by atoms with Gasteiger partial charge < -0.3 is 9.64 Å². The Morgan fingerprint density at radius 2 is 1.73 bits per heavy atom. The first-order chi connectivity index (χ1) is 12.4. The fourth-order valence-corrected chi connectivity index (χ4v) is 4.75. The molecular formula is C19H30N2O4S. The van der Waals surface area contributed by atoms with E-state index in [1.165, 1.54) is 4.31 Å². The quantitative estimate of drug-likeness (QED) is 0.692. The Morgan fingerprint density at radius 3 is 2.23 bits per heavy atom. The van der Waals surface area contributed by atoms with Crippen LogP contribution >= 0.6 is 0 Å². The molecule has 0 spiro atoms. The summed E-state index contributed by atoms with van der Waals surface area (Å²) in [4.78, 5) is 14.5. The van der Waals surface area contributed by atoms with E-state index < -0.39 is 10.0 Å². The number of piperidine rings is 1. The van der Waals surface area contributed by atoms with Crippen LogP contribution in [0.2, 0.25) is 0 Å². The van der Waals surface area contributed by atoms with Crippen molar-refractivity contribution in [1.82, 2.24) is 9.21 Å². The summed E-state index contributed by atoms with van der Waals surface area (Å²) >= 11 is 0. The number of methoxy groups -OCH3 is 1. The summed E-state index contributed by atoms with van der Waals surface area (Å²) < 4.78 is 31.7. The van der Waals surface area contributed by atoms with Crippen molar-refractivity contribution in [2.75, 3.05) is 33.3 Å². The molecule has 0 bridgehead atoms. The summed E-state index contributed by atoms with van der Waals surface area (Å²) in [6.07, 6.45) is 3.11. The van der Waals surface area contributed by atoms with Gasteiger partial charge in [-0.1, -0.05) is 26.0 Å². The van der Waals surface area contributed by atoms with Crippen LogP contribution in [0.1, 0.15) is 38.7 Å². The molecule has 26 heavy (non-hydrogen) atoms. The Hall–Kier alpha value is -1.44. The van der Waals surface area contributed by atoms with Crippen LogP contribution in [0.25, 0.3) is 0 Å². The maximum atomic E-state index is 12.5. The van der Waals surface area contributed by atoms with Crippen molar-refractivity contribution in [3.8, 4) is 0 Å². The average Bonchev–Trinajstić information content (AvgIpc) is 2.67. The molecule has 146 valence electrons. The molecule has 1 aromatic carbocycles. The largest absolute Gasteiger partial charge is 0.381 e. The highest BCUT2D eigenvalue weighted by atomic mass is 32.2. The summed E-state index contributed by atoms with van der Waals surface area (Å²) in [5, 5.41) is 0. The first kappa shape index (κ1) is 20.9. The van der Waals surface area contributed by atoms with Crippen LogP contribution in [0.3, 0.4) is 0 Å². The summed E-state index contributed by atoms with van der Waals surface area (Å²) in [5.74, 6) is 0.152. The van der Waals surface area contributed by atoms with Crippen molar-refractivity contribution >= 4 is 15.9 Å². The van der Waals surface area contributed by atoms with E-state index in [4.69, 9.17) is 4.74 Å². The Kier molecular flexibility index (Phi) is 7.61. The van der Waals surface area contributed by atoms with Crippen molar-refractivity contribution in [1.29, 1.82) is 0 Å². The molecule has 1 aliphatic heterocycles. The smallest absolute Gasteiger partial charge is 0.243 e. The fourth-order valence-electron chi connectivity index (χ4n) is 3.29. The van der Waals surface area contributed by atoms with Gasteiger partial charge in [0, 0.05) is 39.7 Å². The lowest BCUT2D eigenvalue weighted by molar-refractivity contribution is -0.133. The maximum Gasteiger partial charge on any atom is 0.243 e. The number of carbonyl (C=O) groups excluding carboxylic acids is 1. The van der Waals surface area contributed by atoms with Gasteiger partial charge in [-0.3, -0.25) is 4.79 Å². The van der Waals surface area contributed by atoms with E-state index in [1.807, 2.05) is 18.7 Å². The highest BCUT2D eigenvalue weighted by Crippen LogP contribution is 2.18. The number of rotatable bonds is 8. The topological polar surface area (TPSA) is 66.9 Å². The summed E-state index contributed by atoms with van der Waals surface area (Å²) in [6, 6.07) is 6.89. The number of ether oxygens (including phenoxy) is 1. The number of likely N-dealkylation sites (tertiary alicyclic amines) is 1. The van der Waals surface area contributed by atoms with Crippen LogP contribution in [-0.4, -0.2) is 62.9 Å². The maximum absolute atomic E-state index is 12.5. The lowest BCUT2D eigenvalue weighted by atomic mass is 10.1. The Morgan fingerprint density at radius 1 is 1.15 bits per heavy atom. The Balaban J connectivity index is 1.90. The Labute approximate surface area is 157 Å². The van der Waals surface area contributed by atoms with Crippen molar-refractivity contribution in [3.05, 3.63) is 29.8 Å². The number of benzene rings is 1. The molecule has 0 atom stereocenters. The van der Waals surface area contributed by atoms with Crippen LogP contribution in [-0.2, 0) is 26.0 Å². The predicted molar refractivity (Wildman–Crippen MR) is 101 cm³/mol. The molecule has 1 amide bonds. The van der Waals surface area contributed by atoms with E-state index in [9.17, 15) is 13.2 Å². The minimum Gasteiger partial charge on any atom is -0.381 e. The van der Waals surface area contributed by atoms with E-state index in [-0.39, 0.29) is 12.0 Å². The number of sulfonamides is 1. The third-order valence-electron chi connectivity index (χ3n) is 5.02. The molecule has 0 unspecified atom stereocenters. The van der Waals surface area contributed by atoms with Crippen LogP contribution in [0.4, 0.5) is 0 Å². The lowest BCUT2D eigenvalue weighted by Gasteiger charge is -2.31. The van der Waals surface area contributed by atoms with Gasteiger partial charge in [0.1, 0.15) is 0 Å². The molecule has 0 N–H and O–H groups in total. The standard InChI is InChI=1S/C19H30N2O4S/c1-4-21(5-2)26(23,24)18-9-6-16(7-10-18)8-11-19(22)20-14-12-17(25-3)13-15-20/h6-7,9-10,17H,4-5,8,11-15H2,1-3H3. The monoisotopic (exact) mass is 382 g/mol. The Bertz CT molecular complexity index is 676. The zero-order chi connectivity index (χ0) is 19.2. The number of carbonyl (C=O) groups is 1. The van der Waals surface area contributed by atoms with Gasteiger partial charge in [0.15, 0.2) is 0 Å². The first-order valence-corrected chi connectivity index (χ1v) is 10.8. The van der Waals surface area contributed by atoms with Gasteiger partial charge in [-0.2, -0.15) is 4.31 Å². The fraction of sp³-hybridized carbons (Fsp3) is 0.632. The minimum atomic E-state index is -3.43. The van der Waals surface area contributed by atoms with Gasteiger partial charge in [0.25, 0.3) is 0 Å². The number of aryl methyl sites for hydroxylation is 1. The lowest BCUT2D eigenvalue weighted by Crippen LogP contribution is -2.40. The van der Waals surface area contributed by atoms with Gasteiger partial charge in [0.05, 0.1) is 11.0 Å². The second-order valence-corrected chi connectivity index (χ2v) is 8.49. The highest BCUT2D eigenvalue weighted by molar-refractivity contribution is 7.89. The normalized spacial score (nSPS) is 16.2. The number of hydrogen-bond acceptors (Lipinski definition) is 4. The van der Waals surface area contributed by atoms with Crippen LogP contribution in [0.5, 0.6) is 0 Å². The van der Waals surface area contributed by atoms with E-state index >= 15 is 0 Å². The summed E-state index contributed by atoms with van der Waals surface area (Å²) in [6.45, 7) is 6.06. The molecule has 6 nitrogen and oxygen atoms in total. The number of amides is 1. The van der Waals surface area contributed by atoms with Crippen molar-refractivity contribution in [2.45, 2.75) is 50.5 Å². The molecule has 7 heteroatoms. The van der Waals surface area contributed by atoms with E-state index in [0.717, 1.165) is 31.5 Å². The van der Waals surface area contributed by atoms with Crippen LogP contribution < -0.4 is 0 Å². The second-order valence-electron chi connectivity index (χ2n) is 6.55. The van der Waals surface area contributed by atoms with Crippen molar-refractivity contribution in [3.63, 3.8) is 0 Å². The van der Waals surface area contributed by atoms with Crippen molar-refractivity contribution < 1.29 is 17.9 Å². The molecule has 1 heterocycles. The molecule has 1 aromatic rings. The third kappa shape index (κ3) is 5.05. The molecule has 1 aliphatic rings. The molecular weight excluding hydrogens is 352 g/mol. The van der Waals surface area contributed by atoms with Gasteiger partial charge >= 0.3 is 0 Å². The van der Waals surface area contributed by atoms with Crippen molar-refractivity contribution in [2.24, 2.45) is 0 Å². The van der Waals surface area contributed by atoms with Gasteiger partial charge in [-0.05, 0) is 37.0 Å². The third-order valence-corrected chi connectivity index (χ3v) is 7.09. The van der Waals surface area contributed by atoms with Crippen LogP contribution in [0, 0.1) is 0 Å². The summed E-state index contributed by atoms with van der Waals surface area (Å²) in [5.41, 5.74) is 0.976. The van der Waals surface area contributed by atoms with E-state index in [1.54, 1.807) is 31.4 Å². The second kappa shape index (κ2) is 9.48. The SMILES string of the molecule is CCN(CC)S(=O)(=O)c1ccc(CCC(=O)N2CCC(OC)CC2)cc1. The van der Waals surface area contributed by atoms with E-state index in [0.29, 0.717) is 30.8 Å². The molecule has 0 saturated carbocycles.